The van der Waals surface area contributed by atoms with Gasteiger partial charge in [0.1, 0.15) is 11.6 Å². The lowest BCUT2D eigenvalue weighted by Gasteiger charge is -2.23. The molecule has 8 heteroatoms. The Morgan fingerprint density at radius 3 is 2.82 bits per heavy atom. The van der Waals surface area contributed by atoms with Crippen molar-refractivity contribution in [2.24, 2.45) is 0 Å². The highest BCUT2D eigenvalue weighted by atomic mass is 16.5. The van der Waals surface area contributed by atoms with Crippen LogP contribution in [-0.2, 0) is 6.42 Å². The number of hydrogen-bond acceptors (Lipinski definition) is 6. The number of carboxylic acid groups (broad SMARTS) is 1. The van der Waals surface area contributed by atoms with Gasteiger partial charge in [-0.1, -0.05) is 13.3 Å². The van der Waals surface area contributed by atoms with Gasteiger partial charge in [-0.25, -0.2) is 9.78 Å². The van der Waals surface area contributed by atoms with E-state index in [2.05, 4.69) is 40.4 Å². The monoisotopic (exact) mass is 385 g/mol. The second-order valence-electron chi connectivity index (χ2n) is 6.95. The number of nitrogens with zero attached hydrogens (tertiary/aromatic N) is 3. The van der Waals surface area contributed by atoms with Gasteiger partial charge in [-0.15, -0.1) is 0 Å². The number of amides is 1. The second-order valence-corrected chi connectivity index (χ2v) is 6.95. The van der Waals surface area contributed by atoms with Gasteiger partial charge >= 0.3 is 6.09 Å². The molecule has 0 spiro atoms. The molecule has 1 saturated heterocycles. The zero-order valence-electron chi connectivity index (χ0n) is 16.5. The van der Waals surface area contributed by atoms with Crippen molar-refractivity contribution in [1.82, 2.24) is 9.97 Å². The van der Waals surface area contributed by atoms with Crippen molar-refractivity contribution >= 4 is 29.2 Å². The Labute approximate surface area is 165 Å². The molecule has 1 aliphatic heterocycles. The normalized spacial score (nSPS) is 16.1. The van der Waals surface area contributed by atoms with E-state index in [1.807, 2.05) is 0 Å². The summed E-state index contributed by atoms with van der Waals surface area (Å²) in [5, 5.41) is 14.6. The Morgan fingerprint density at radius 2 is 2.18 bits per heavy atom. The highest BCUT2D eigenvalue weighted by Gasteiger charge is 2.22. The number of hydrogen-bond donors (Lipinski definition) is 3. The van der Waals surface area contributed by atoms with Gasteiger partial charge in [-0.2, -0.15) is 4.98 Å². The van der Waals surface area contributed by atoms with Gasteiger partial charge in [-0.05, 0) is 44.4 Å². The van der Waals surface area contributed by atoms with Gasteiger partial charge in [0.15, 0.2) is 0 Å². The Kier molecular flexibility index (Phi) is 6.18. The number of ether oxygens (including phenoxy) is 1. The van der Waals surface area contributed by atoms with Gasteiger partial charge in [0.2, 0.25) is 5.95 Å². The first-order valence-electron chi connectivity index (χ1n) is 9.59. The van der Waals surface area contributed by atoms with E-state index in [0.717, 1.165) is 30.9 Å². The summed E-state index contributed by atoms with van der Waals surface area (Å²) in [6, 6.07) is 7.71. The Morgan fingerprint density at radius 1 is 1.36 bits per heavy atom. The molecule has 3 N–H and O–H groups in total. The number of nitrogens with one attached hydrogen (secondary N) is 2. The summed E-state index contributed by atoms with van der Waals surface area (Å²) < 4.78 is 5.21. The molecule has 2 heterocycles. The third-order valence-corrected chi connectivity index (χ3v) is 4.82. The molecule has 0 bridgehead atoms. The smallest absolute Gasteiger partial charge is 0.409 e. The van der Waals surface area contributed by atoms with Crippen molar-refractivity contribution in [2.45, 2.75) is 45.6 Å². The molecule has 1 unspecified atom stereocenters. The molecule has 1 fully saturated rings. The summed E-state index contributed by atoms with van der Waals surface area (Å²) >= 11 is 0. The molecule has 0 aliphatic carbocycles. The predicted molar refractivity (Wildman–Crippen MR) is 110 cm³/mol. The lowest BCUT2D eigenvalue weighted by molar-refractivity contribution is 0.209. The van der Waals surface area contributed by atoms with E-state index >= 15 is 0 Å². The van der Waals surface area contributed by atoms with Gasteiger partial charge in [0.05, 0.1) is 12.8 Å². The first-order chi connectivity index (χ1) is 13.5. The van der Waals surface area contributed by atoms with Crippen LogP contribution in [0, 0.1) is 0 Å². The van der Waals surface area contributed by atoms with E-state index < -0.39 is 6.09 Å². The molecule has 1 atom stereocenters. The summed E-state index contributed by atoms with van der Waals surface area (Å²) in [5.41, 5.74) is 2.03. The third kappa shape index (κ3) is 4.62. The number of aryl methyl sites for hydroxylation is 1. The summed E-state index contributed by atoms with van der Waals surface area (Å²) in [5.74, 6) is 1.88. The van der Waals surface area contributed by atoms with E-state index in [4.69, 9.17) is 14.8 Å². The Bertz CT molecular complexity index is 843. The number of carbonyl (C=O) groups is 1. The minimum atomic E-state index is -1.15. The fraction of sp³-hybridized carbons (Fsp3) is 0.450. The van der Waals surface area contributed by atoms with E-state index in [1.165, 1.54) is 20.0 Å². The summed E-state index contributed by atoms with van der Waals surface area (Å²) in [7, 11) is 1.50. The van der Waals surface area contributed by atoms with Crippen LogP contribution in [0.5, 0.6) is 5.75 Å². The highest BCUT2D eigenvalue weighted by Crippen LogP contribution is 2.30. The summed E-state index contributed by atoms with van der Waals surface area (Å²) in [6.07, 6.45) is 3.06. The fourth-order valence-corrected chi connectivity index (χ4v) is 3.47. The number of benzene rings is 1. The van der Waals surface area contributed by atoms with Gasteiger partial charge < -0.3 is 20.1 Å². The number of rotatable bonds is 7. The molecule has 8 nitrogen and oxygen atoms in total. The molecular weight excluding hydrogens is 358 g/mol. The molecule has 1 aromatic carbocycles. The SMILES string of the molecule is CCCc1cc(N2CCCC2C)nc(Nc2ccc(OC)c(NC(=O)O)c2)n1. The predicted octanol–water partition coefficient (Wildman–Crippen LogP) is 4.26. The van der Waals surface area contributed by atoms with Crippen LogP contribution in [0.3, 0.4) is 0 Å². The van der Waals surface area contributed by atoms with Crippen molar-refractivity contribution in [3.63, 3.8) is 0 Å². The molecule has 1 amide bonds. The van der Waals surface area contributed by atoms with Crippen LogP contribution in [-0.4, -0.2) is 40.9 Å². The van der Waals surface area contributed by atoms with Crippen molar-refractivity contribution in [3.05, 3.63) is 30.0 Å². The zero-order valence-corrected chi connectivity index (χ0v) is 16.5. The van der Waals surface area contributed by atoms with Gasteiger partial charge in [0, 0.05) is 30.0 Å². The lowest BCUT2D eigenvalue weighted by atomic mass is 10.2. The summed E-state index contributed by atoms with van der Waals surface area (Å²) in [4.78, 5) is 22.7. The van der Waals surface area contributed by atoms with Crippen LogP contribution in [0.25, 0.3) is 0 Å². The van der Waals surface area contributed by atoms with Crippen molar-refractivity contribution in [1.29, 1.82) is 0 Å². The van der Waals surface area contributed by atoms with Crippen molar-refractivity contribution < 1.29 is 14.6 Å². The third-order valence-electron chi connectivity index (χ3n) is 4.82. The van der Waals surface area contributed by atoms with E-state index in [9.17, 15) is 4.79 Å². The van der Waals surface area contributed by atoms with Gasteiger partial charge in [-0.3, -0.25) is 5.32 Å². The Balaban J connectivity index is 1.90. The maximum absolute atomic E-state index is 11.0. The quantitative estimate of drug-likeness (QED) is 0.655. The van der Waals surface area contributed by atoms with Crippen LogP contribution in [0.1, 0.15) is 38.8 Å². The zero-order chi connectivity index (χ0) is 20.1. The molecule has 2 aromatic rings. The lowest BCUT2D eigenvalue weighted by Crippen LogP contribution is -2.27. The fourth-order valence-electron chi connectivity index (χ4n) is 3.47. The number of aromatic nitrogens is 2. The first kappa shape index (κ1) is 19.7. The average molecular weight is 385 g/mol. The Hall–Kier alpha value is -3.03. The van der Waals surface area contributed by atoms with Gasteiger partial charge in [0.25, 0.3) is 0 Å². The maximum Gasteiger partial charge on any atom is 0.409 e. The molecule has 1 aromatic heterocycles. The van der Waals surface area contributed by atoms with Crippen LogP contribution in [0.15, 0.2) is 24.3 Å². The standard InChI is InChI=1S/C20H27N5O3/c1-4-6-14-12-18(25-10-5-7-13(25)2)24-19(21-14)22-15-8-9-17(28-3)16(11-15)23-20(26)27/h8-9,11-13,23H,4-7,10H2,1-3H3,(H,26,27)(H,21,22,24). The van der Waals surface area contributed by atoms with Crippen LogP contribution in [0.2, 0.25) is 0 Å². The second kappa shape index (κ2) is 8.77. The molecule has 0 saturated carbocycles. The van der Waals surface area contributed by atoms with E-state index in [0.29, 0.717) is 29.1 Å². The minimum Gasteiger partial charge on any atom is -0.495 e. The minimum absolute atomic E-state index is 0.359. The molecule has 28 heavy (non-hydrogen) atoms. The first-order valence-corrected chi connectivity index (χ1v) is 9.59. The number of anilines is 4. The van der Waals surface area contributed by atoms with Crippen molar-refractivity contribution in [3.8, 4) is 5.75 Å². The molecule has 1 aliphatic rings. The average Bonchev–Trinajstić information content (AvgIpc) is 3.07. The van der Waals surface area contributed by atoms with Crippen LogP contribution < -0.4 is 20.3 Å². The molecule has 150 valence electrons. The summed E-state index contributed by atoms with van der Waals surface area (Å²) in [6.45, 7) is 5.34. The largest absolute Gasteiger partial charge is 0.495 e. The highest BCUT2D eigenvalue weighted by molar-refractivity contribution is 5.86. The topological polar surface area (TPSA) is 99.6 Å². The van der Waals surface area contributed by atoms with Crippen LogP contribution in [0.4, 0.5) is 27.9 Å². The van der Waals surface area contributed by atoms with Crippen LogP contribution >= 0.6 is 0 Å². The number of methoxy groups -OCH3 is 1. The maximum atomic E-state index is 11.0. The molecule has 3 rings (SSSR count). The molecular formula is C20H27N5O3. The van der Waals surface area contributed by atoms with Crippen molar-refractivity contribution in [2.75, 3.05) is 29.2 Å². The molecule has 0 radical (unpaired) electrons. The van der Waals surface area contributed by atoms with E-state index in [1.54, 1.807) is 18.2 Å². The van der Waals surface area contributed by atoms with E-state index in [-0.39, 0.29) is 0 Å².